The number of hydrogen-bond donors (Lipinski definition) is 15. The highest BCUT2D eigenvalue weighted by Crippen LogP contribution is 2.42. The van der Waals surface area contributed by atoms with E-state index in [0.717, 1.165) is 12.1 Å². The van der Waals surface area contributed by atoms with Gasteiger partial charge in [-0.2, -0.15) is 43.9 Å². The molecule has 146 heavy (non-hydrogen) atoms. The number of aliphatic hydroxyl groups excluding tert-OH is 1. The second-order valence-corrected chi connectivity index (χ2v) is 38.4. The number of alkyl halides is 4. The van der Waals surface area contributed by atoms with Crippen molar-refractivity contribution in [2.24, 2.45) is 11.8 Å². The Bertz CT molecular complexity index is 7060. The van der Waals surface area contributed by atoms with Crippen molar-refractivity contribution in [2.75, 3.05) is 123 Å². The summed E-state index contributed by atoms with van der Waals surface area (Å²) in [5, 5.41) is 115. The van der Waals surface area contributed by atoms with E-state index in [1.807, 2.05) is 57.4 Å². The second-order valence-electron chi connectivity index (χ2n) is 38.0. The molecule has 0 amide bonds. The van der Waals surface area contributed by atoms with Gasteiger partial charge in [-0.05, 0) is 133 Å². The first-order chi connectivity index (χ1) is 69.4. The number of aromatic nitrogens is 20. The van der Waals surface area contributed by atoms with E-state index in [1.165, 1.54) is 44.0 Å². The van der Waals surface area contributed by atoms with Gasteiger partial charge < -0.3 is 76.6 Å². The summed E-state index contributed by atoms with van der Waals surface area (Å²) < 4.78 is 171. The van der Waals surface area contributed by atoms with Crippen molar-refractivity contribution in [3.8, 4) is 63.0 Å². The van der Waals surface area contributed by atoms with Gasteiger partial charge in [0.05, 0.1) is 86.6 Å². The van der Waals surface area contributed by atoms with Crippen LogP contribution in [0.4, 0.5) is 81.8 Å². The molecule has 15 aromatic heterocycles. The van der Waals surface area contributed by atoms with Crippen LogP contribution in [0.15, 0.2) is 122 Å². The minimum absolute atomic E-state index is 0.00646. The fourth-order valence-corrected chi connectivity index (χ4v) is 18.0. The summed E-state index contributed by atoms with van der Waals surface area (Å²) in [4.78, 5) is 50.7. The number of pyridine rings is 10. The fourth-order valence-electron chi connectivity index (χ4n) is 17.8. The van der Waals surface area contributed by atoms with Gasteiger partial charge in [-0.15, -0.1) is 0 Å². The van der Waals surface area contributed by atoms with E-state index < -0.39 is 99.0 Å². The third-order valence-electron chi connectivity index (χ3n) is 27.7. The summed E-state index contributed by atoms with van der Waals surface area (Å²) in [5.74, 6) is -5.64. The summed E-state index contributed by atoms with van der Waals surface area (Å²) in [5.41, 5.74) is -4.64. The molecular formula is C97H108ClF12N31O5. The molecule has 5 fully saturated rings. The smallest absolute Gasteiger partial charge is 0.391 e. The first-order valence-electron chi connectivity index (χ1n) is 47.2. The average molecular weight is 2050 g/mol. The maximum absolute atomic E-state index is 14.9. The molecule has 15 aromatic rings. The zero-order chi connectivity index (χ0) is 105. The Morgan fingerprint density at radius 3 is 0.973 bits per heavy atom. The van der Waals surface area contributed by atoms with Crippen LogP contribution in [-0.4, -0.2) is 295 Å². The van der Waals surface area contributed by atoms with Gasteiger partial charge in [0.25, 0.3) is 0 Å². The fraction of sp³-hybridized carbons (Fsp3) is 0.423. The van der Waals surface area contributed by atoms with E-state index in [4.69, 9.17) is 11.6 Å². The van der Waals surface area contributed by atoms with Crippen LogP contribution in [0.1, 0.15) is 88.1 Å². The first kappa shape index (κ1) is 105. The molecule has 5 aliphatic rings. The van der Waals surface area contributed by atoms with Crippen LogP contribution in [0, 0.1) is 69.7 Å². The van der Waals surface area contributed by atoms with Gasteiger partial charge in [-0.3, -0.25) is 25.5 Å². The minimum atomic E-state index is -4.89. The van der Waals surface area contributed by atoms with E-state index in [2.05, 4.69) is 133 Å². The van der Waals surface area contributed by atoms with Crippen LogP contribution in [0.3, 0.4) is 0 Å². The van der Waals surface area contributed by atoms with Crippen LogP contribution in [-0.2, 0) is 0 Å². The molecule has 10 atom stereocenters. The highest BCUT2D eigenvalue weighted by Gasteiger charge is 2.56. The quantitative estimate of drug-likeness (QED) is 0.0334. The number of anilines is 5. The molecule has 0 bridgehead atoms. The summed E-state index contributed by atoms with van der Waals surface area (Å²) in [6.45, 7) is 23.6. The second kappa shape index (κ2) is 42.8. The predicted octanol–water partition coefficient (Wildman–Crippen LogP) is 12.0. The molecule has 5 saturated heterocycles. The molecule has 5 aliphatic heterocycles. The van der Waals surface area contributed by atoms with Crippen molar-refractivity contribution >= 4 is 95.9 Å². The molecule has 15 N–H and O–H groups in total. The number of piperazine rings is 5. The van der Waals surface area contributed by atoms with E-state index in [1.54, 1.807) is 96.1 Å². The lowest BCUT2D eigenvalue weighted by atomic mass is 9.81. The van der Waals surface area contributed by atoms with Crippen molar-refractivity contribution in [3.05, 3.63) is 179 Å². The van der Waals surface area contributed by atoms with Crippen LogP contribution >= 0.6 is 11.6 Å². The van der Waals surface area contributed by atoms with Gasteiger partial charge in [0.1, 0.15) is 57.4 Å². The Hall–Kier alpha value is -13.6. The topological polar surface area (TPSA) is 474 Å². The molecule has 36 nitrogen and oxygen atoms in total. The Balaban J connectivity index is 0.000000131. The zero-order valence-electron chi connectivity index (χ0n) is 81.0. The normalized spacial score (nSPS) is 19.5. The number of nitrogens with zero attached hydrogens (tertiary/aromatic N) is 21. The van der Waals surface area contributed by atoms with Crippen molar-refractivity contribution in [1.29, 1.82) is 5.26 Å². The Morgan fingerprint density at radius 1 is 0.384 bits per heavy atom. The number of H-pyrrole nitrogens is 5. The monoisotopic (exact) mass is 2050 g/mol. The van der Waals surface area contributed by atoms with Gasteiger partial charge in [0.2, 0.25) is 0 Å². The van der Waals surface area contributed by atoms with Gasteiger partial charge in [0, 0.05) is 174 Å². The SMILES string of the molecule is CC(C)(F)C(C)(O)C1CN(c2nc(-c3[nH]nc4ncccc34)c(F)cc2F)CCN1.CC(C)[C@@](C)(O)[C@@H]1CN(c2nc(-c3[nH]nc4ncccc34)c(F)cc2C#N)CCN1.CC(C)[C@@](C)(O)[C@@H]1CN(c2nc(-c3[nH]nc4ncccc34)c(F)cc2Cl)CCN1.CC(O)(C1CN(c2nc(-c3[nH]nc4ncccc34)c(F)cc2F)CCN1)C(F)(F)F.CC[C@@H](O)[C@@H]1CN(c2nc(-c3[nH]nc4ncccc34)c(F)cc2F)CCN1. The standard InChI is InChI=1S/C21H24FN7O.C20H24ClFN6O.C20H23F3N6O.C18H17F5N6O.C18H20F2N6O/c1-12(2)21(3,30)16-11-29(8-7-24-16)20-13(10-23)9-15(22)18(26-20)17-14-5-4-6-25-19(14)28-27-17;1-11(2)20(3,29)15-10-28(8-7-23-15)19-13(21)9-14(22)17(25-19)16-12-5-4-6-24-18(12)27-26-16;1-19(2,23)20(3,30)14-10-29(8-7-24-14)18-13(22)9-12(21)16(26-18)15-11-5-4-6-25-17(11)28-27-15;1-17(30,18(21,22)23)12-8-29(6-5-24-12)16-11(20)7-10(19)14(26-16)13-9-3-2-4-25-15(9)28-27-13;1-2-14(27)13-9-26(7-6-21-13)18-12(20)8-11(19)16(23-18)15-10-4-3-5-22-17(10)25-24-15/h4-6,9,12,16,24,30H,7-8,11H2,1-3H3,(H,25,27,28);4-6,9,11,15,23,29H,7-8,10H2,1-3H3,(H,24,26,27);4-6,9,14,24,30H,7-8,10H2,1-3H3,(H,25,27,28);2-4,7,12,24,30H,5-6,8H2,1H3,(H,25,27,28);3-5,8,13-14,21,27H,2,6-7,9H2,1H3,(H,22,24,25)/t16-,21+;15-,20+;;;13-,14+/m00..0/s1. The maximum Gasteiger partial charge on any atom is 0.418 e. The molecule has 0 aromatic carbocycles. The van der Waals surface area contributed by atoms with Crippen LogP contribution < -0.4 is 51.1 Å². The number of aromatic amines is 5. The summed E-state index contributed by atoms with van der Waals surface area (Å²) in [6.07, 6.45) is 3.05. The lowest BCUT2D eigenvalue weighted by Crippen LogP contribution is -2.66. The summed E-state index contributed by atoms with van der Waals surface area (Å²) >= 11 is 6.37. The number of fused-ring (bicyclic) bond motifs is 5. The molecule has 0 spiro atoms. The summed E-state index contributed by atoms with van der Waals surface area (Å²) in [6, 6.07) is 21.3. The molecule has 0 radical (unpaired) electrons. The van der Waals surface area contributed by atoms with Crippen LogP contribution in [0.5, 0.6) is 0 Å². The molecule has 49 heteroatoms. The van der Waals surface area contributed by atoms with Gasteiger partial charge in [-0.1, -0.05) is 46.2 Å². The van der Waals surface area contributed by atoms with Crippen LogP contribution in [0.2, 0.25) is 5.02 Å². The largest absolute Gasteiger partial charge is 0.418 e. The van der Waals surface area contributed by atoms with Gasteiger partial charge in [0.15, 0.2) is 97.8 Å². The Labute approximate surface area is 832 Å². The van der Waals surface area contributed by atoms with Crippen LogP contribution in [0.25, 0.3) is 112 Å². The highest BCUT2D eigenvalue weighted by molar-refractivity contribution is 6.33. The first-order valence-corrected chi connectivity index (χ1v) is 47.5. The molecule has 4 unspecified atom stereocenters. The molecule has 0 aliphatic carbocycles. The molecule has 0 saturated carbocycles. The lowest BCUT2D eigenvalue weighted by Gasteiger charge is -2.45. The molecule has 772 valence electrons. The number of hydrogen-bond acceptors (Lipinski definition) is 31. The highest BCUT2D eigenvalue weighted by atomic mass is 35.5. The van der Waals surface area contributed by atoms with Crippen molar-refractivity contribution < 1.29 is 78.2 Å². The van der Waals surface area contributed by atoms with E-state index in [-0.39, 0.29) is 118 Å². The lowest BCUT2D eigenvalue weighted by molar-refractivity contribution is -0.262. The third kappa shape index (κ3) is 21.5. The molecular weight excluding hydrogens is 1940 g/mol. The number of aliphatic hydroxyl groups is 5. The van der Waals surface area contributed by atoms with E-state index in [0.29, 0.717) is 181 Å². The number of nitrogens with one attached hydrogen (secondary N) is 10. The van der Waals surface area contributed by atoms with Crippen molar-refractivity contribution in [2.45, 2.75) is 153 Å². The van der Waals surface area contributed by atoms with Crippen molar-refractivity contribution in [1.82, 2.24) is 127 Å². The van der Waals surface area contributed by atoms with E-state index >= 15 is 0 Å². The molecule has 20 heterocycles. The zero-order valence-corrected chi connectivity index (χ0v) is 81.8. The number of halogens is 13. The van der Waals surface area contributed by atoms with Gasteiger partial charge in [-0.25, -0.2) is 89.4 Å². The van der Waals surface area contributed by atoms with Gasteiger partial charge >= 0.3 is 6.18 Å². The average Bonchev–Trinajstić information content (AvgIpc) is 1.74. The third-order valence-corrected chi connectivity index (χ3v) is 28.0. The number of rotatable bonds is 19. The minimum Gasteiger partial charge on any atom is -0.391 e. The predicted molar refractivity (Wildman–Crippen MR) is 525 cm³/mol. The maximum atomic E-state index is 14.9. The van der Waals surface area contributed by atoms with Crippen molar-refractivity contribution in [3.63, 3.8) is 0 Å². The molecule has 20 rings (SSSR count). The Kier molecular flexibility index (Phi) is 30.9. The van der Waals surface area contributed by atoms with E-state index in [9.17, 15) is 83.5 Å². The number of nitriles is 1. The summed E-state index contributed by atoms with van der Waals surface area (Å²) in [7, 11) is 0. The Morgan fingerprint density at radius 2 is 0.658 bits per heavy atom.